The van der Waals surface area contributed by atoms with Gasteiger partial charge in [-0.25, -0.2) is 9.97 Å². The van der Waals surface area contributed by atoms with Gasteiger partial charge in [-0.15, -0.1) is 0 Å². The summed E-state index contributed by atoms with van der Waals surface area (Å²) in [6.45, 7) is 5.07. The second-order valence-electron chi connectivity index (χ2n) is 8.44. The molecule has 1 saturated carbocycles. The molecule has 0 N–H and O–H groups in total. The summed E-state index contributed by atoms with van der Waals surface area (Å²) in [7, 11) is 0. The first-order chi connectivity index (χ1) is 15.3. The first-order valence-electron chi connectivity index (χ1n) is 10.8. The number of piperidine rings is 1. The Kier molecular flexibility index (Phi) is 6.26. The van der Waals surface area contributed by atoms with Crippen LogP contribution in [0.4, 0.5) is 13.2 Å². The third-order valence-electron chi connectivity index (χ3n) is 5.93. The molecule has 2 fully saturated rings. The maximum absolute atomic E-state index is 13.5. The first-order valence-corrected chi connectivity index (χ1v) is 10.8. The number of fused-ring (bicyclic) bond motifs is 1. The summed E-state index contributed by atoms with van der Waals surface area (Å²) in [4.78, 5) is 23.5. The van der Waals surface area contributed by atoms with Crippen molar-refractivity contribution in [3.63, 3.8) is 0 Å². The largest absolute Gasteiger partial charge is 0.491 e. The zero-order valence-electron chi connectivity index (χ0n) is 18.1. The number of amides is 1. The Balaban J connectivity index is 1.49. The molecule has 2 aromatic heterocycles. The van der Waals surface area contributed by atoms with Gasteiger partial charge in [0.25, 0.3) is 5.91 Å². The van der Waals surface area contributed by atoms with Crippen LogP contribution >= 0.6 is 0 Å². The molecule has 1 amide bonds. The number of hydrogen-bond acceptors (Lipinski definition) is 5. The molecular formula is C23H26F3N3O3. The Morgan fingerprint density at radius 3 is 2.66 bits per heavy atom. The molecule has 2 aromatic rings. The van der Waals surface area contributed by atoms with Gasteiger partial charge in [0.2, 0.25) is 5.88 Å². The van der Waals surface area contributed by atoms with Crippen molar-refractivity contribution in [2.45, 2.75) is 45.3 Å². The second kappa shape index (κ2) is 8.96. The van der Waals surface area contributed by atoms with Gasteiger partial charge in [-0.1, -0.05) is 6.92 Å². The van der Waals surface area contributed by atoms with E-state index < -0.39 is 11.7 Å². The fourth-order valence-corrected chi connectivity index (χ4v) is 4.08. The number of carbonyl (C=O) groups is 1. The number of hydrogen-bond donors (Lipinski definition) is 0. The smallest absolute Gasteiger partial charge is 0.417 e. The van der Waals surface area contributed by atoms with E-state index in [2.05, 4.69) is 9.97 Å². The highest BCUT2D eigenvalue weighted by Crippen LogP contribution is 2.47. The minimum Gasteiger partial charge on any atom is -0.491 e. The van der Waals surface area contributed by atoms with Gasteiger partial charge in [0.15, 0.2) is 11.4 Å². The van der Waals surface area contributed by atoms with Gasteiger partial charge in [-0.2, -0.15) is 13.2 Å². The topological polar surface area (TPSA) is 64.5 Å². The van der Waals surface area contributed by atoms with E-state index in [0.717, 1.165) is 37.2 Å². The van der Waals surface area contributed by atoms with E-state index in [1.54, 1.807) is 11.0 Å². The van der Waals surface area contributed by atoms with Crippen LogP contribution < -0.4 is 9.47 Å². The van der Waals surface area contributed by atoms with Crippen molar-refractivity contribution in [3.05, 3.63) is 47.4 Å². The molecule has 172 valence electrons. The fraction of sp³-hybridized carbons (Fsp3) is 0.522. The van der Waals surface area contributed by atoms with Gasteiger partial charge < -0.3 is 14.4 Å². The lowest BCUT2D eigenvalue weighted by Crippen LogP contribution is -2.48. The highest BCUT2D eigenvalue weighted by atomic mass is 19.4. The number of alkyl halides is 3. The molecule has 2 aliphatic rings. The summed E-state index contributed by atoms with van der Waals surface area (Å²) >= 11 is 0. The van der Waals surface area contributed by atoms with E-state index in [4.69, 9.17) is 9.47 Å². The van der Waals surface area contributed by atoms with E-state index in [1.165, 1.54) is 6.07 Å². The summed E-state index contributed by atoms with van der Waals surface area (Å²) in [5, 5.41) is 0. The van der Waals surface area contributed by atoms with Gasteiger partial charge in [-0.3, -0.25) is 4.79 Å². The number of aryl methyl sites for hydroxylation is 1. The van der Waals surface area contributed by atoms with Crippen molar-refractivity contribution in [2.75, 3.05) is 19.8 Å². The Morgan fingerprint density at radius 1 is 1.16 bits per heavy atom. The lowest BCUT2D eigenvalue weighted by Gasteiger charge is -2.35. The van der Waals surface area contributed by atoms with Crippen molar-refractivity contribution < 1.29 is 27.4 Å². The number of carbonyl (C=O) groups excluding carboxylic acids is 1. The molecule has 4 rings (SSSR count). The average Bonchev–Trinajstić information content (AvgIpc) is 3.53. The summed E-state index contributed by atoms with van der Waals surface area (Å²) in [6.07, 6.45) is -1.03. The maximum atomic E-state index is 13.5. The van der Waals surface area contributed by atoms with Crippen molar-refractivity contribution >= 4 is 5.91 Å². The maximum Gasteiger partial charge on any atom is 0.417 e. The van der Waals surface area contributed by atoms with Crippen LogP contribution in [0.3, 0.4) is 0 Å². The predicted molar refractivity (Wildman–Crippen MR) is 111 cm³/mol. The molecule has 9 heteroatoms. The number of halogens is 3. The monoisotopic (exact) mass is 449 g/mol. The molecule has 0 spiro atoms. The van der Waals surface area contributed by atoms with Crippen LogP contribution in [0.15, 0.2) is 30.5 Å². The van der Waals surface area contributed by atoms with Crippen molar-refractivity contribution in [1.82, 2.24) is 14.9 Å². The molecule has 2 unspecified atom stereocenters. The summed E-state index contributed by atoms with van der Waals surface area (Å²) < 4.78 is 49.7. The second-order valence-corrected chi connectivity index (χ2v) is 8.44. The number of pyridine rings is 2. The lowest BCUT2D eigenvalue weighted by atomic mass is 10.0. The van der Waals surface area contributed by atoms with Crippen LogP contribution in [0.2, 0.25) is 0 Å². The molecule has 1 saturated heterocycles. The molecule has 0 bridgehead atoms. The molecule has 0 radical (unpaired) electrons. The predicted octanol–water partition coefficient (Wildman–Crippen LogP) is 4.52. The normalized spacial score (nSPS) is 22.3. The minimum atomic E-state index is -4.45. The van der Waals surface area contributed by atoms with Crippen molar-refractivity contribution in [1.29, 1.82) is 0 Å². The van der Waals surface area contributed by atoms with Crippen LogP contribution in [0.1, 0.15) is 47.9 Å². The Bertz CT molecular complexity index is 965. The van der Waals surface area contributed by atoms with E-state index in [1.807, 2.05) is 19.9 Å². The van der Waals surface area contributed by atoms with E-state index >= 15 is 0 Å². The number of nitrogens with zero attached hydrogens (tertiary/aromatic N) is 3. The summed E-state index contributed by atoms with van der Waals surface area (Å²) in [5.74, 6) is 1.38. The van der Waals surface area contributed by atoms with Gasteiger partial charge >= 0.3 is 6.18 Å². The Morgan fingerprint density at radius 2 is 1.97 bits per heavy atom. The molecule has 0 aromatic carbocycles. The van der Waals surface area contributed by atoms with Gasteiger partial charge in [0.1, 0.15) is 6.61 Å². The Labute approximate surface area is 184 Å². The van der Waals surface area contributed by atoms with E-state index in [9.17, 15) is 18.0 Å². The van der Waals surface area contributed by atoms with Crippen LogP contribution in [0.25, 0.3) is 0 Å². The molecular weight excluding hydrogens is 423 g/mol. The summed E-state index contributed by atoms with van der Waals surface area (Å²) in [6, 6.07) is 5.52. The van der Waals surface area contributed by atoms with Crippen LogP contribution in [-0.2, 0) is 6.18 Å². The minimum absolute atomic E-state index is 0.101. The molecule has 1 aliphatic heterocycles. The summed E-state index contributed by atoms with van der Waals surface area (Å²) in [5.41, 5.74) is 0.181. The van der Waals surface area contributed by atoms with Crippen molar-refractivity contribution in [3.8, 4) is 11.6 Å². The average molecular weight is 449 g/mol. The standard InChI is InChI=1S/C23H26F3N3O3/c1-3-8-31-19-6-4-14(2)28-21(19)22(30)29-12-16-9-15(16)10-18(29)13-32-20-7-5-17(11-27-20)23(24,25)26/h4-7,11,15-16,18H,3,8-10,12-13H2,1-2H3/t15-,16?,18?/m1/s1. The molecule has 3 atom stereocenters. The third-order valence-corrected chi connectivity index (χ3v) is 5.93. The quantitative estimate of drug-likeness (QED) is 0.622. The SMILES string of the molecule is CCCOc1ccc(C)nc1C(=O)N1CC2C[C@@H]2CC1COc1ccc(C(F)(F)F)cn1. The van der Waals surface area contributed by atoms with Crippen LogP contribution in [0, 0.1) is 18.8 Å². The van der Waals surface area contributed by atoms with Gasteiger partial charge in [0.05, 0.1) is 18.2 Å². The van der Waals surface area contributed by atoms with Crippen LogP contribution in [0.5, 0.6) is 11.6 Å². The van der Waals surface area contributed by atoms with Crippen LogP contribution in [-0.4, -0.2) is 46.6 Å². The number of likely N-dealkylation sites (tertiary alicyclic amines) is 1. The number of aromatic nitrogens is 2. The molecule has 6 nitrogen and oxygen atoms in total. The molecule has 3 heterocycles. The highest BCUT2D eigenvalue weighted by Gasteiger charge is 2.48. The third kappa shape index (κ3) is 4.97. The molecule has 32 heavy (non-hydrogen) atoms. The Hall–Kier alpha value is -2.84. The lowest BCUT2D eigenvalue weighted by molar-refractivity contribution is -0.137. The van der Waals surface area contributed by atoms with E-state index in [0.29, 0.717) is 30.7 Å². The zero-order chi connectivity index (χ0) is 22.9. The van der Waals surface area contributed by atoms with Gasteiger partial charge in [0, 0.05) is 24.5 Å². The number of rotatable bonds is 7. The molecule has 1 aliphatic carbocycles. The first kappa shape index (κ1) is 22.4. The van der Waals surface area contributed by atoms with Gasteiger partial charge in [-0.05, 0) is 56.2 Å². The highest BCUT2D eigenvalue weighted by molar-refractivity contribution is 5.95. The fourth-order valence-electron chi connectivity index (χ4n) is 4.08. The van der Waals surface area contributed by atoms with Crippen molar-refractivity contribution in [2.24, 2.45) is 11.8 Å². The van der Waals surface area contributed by atoms with E-state index in [-0.39, 0.29) is 30.1 Å². The zero-order valence-corrected chi connectivity index (χ0v) is 18.1. The number of ether oxygens (including phenoxy) is 2.